The highest BCUT2D eigenvalue weighted by Gasteiger charge is 2.71. The topological polar surface area (TPSA) is 101 Å². The van der Waals surface area contributed by atoms with Gasteiger partial charge in [0.25, 0.3) is 0 Å². The van der Waals surface area contributed by atoms with E-state index in [0.717, 1.165) is 5.57 Å². The molecule has 170 valence electrons. The molecule has 0 aliphatic heterocycles. The Morgan fingerprint density at radius 2 is 2.00 bits per heavy atom. The van der Waals surface area contributed by atoms with Gasteiger partial charge in [0.2, 0.25) is 5.78 Å². The lowest BCUT2D eigenvalue weighted by Crippen LogP contribution is -2.64. The van der Waals surface area contributed by atoms with Crippen LogP contribution in [0.5, 0.6) is 0 Å². The number of ether oxygens (including phenoxy) is 1. The van der Waals surface area contributed by atoms with Crippen LogP contribution in [0.1, 0.15) is 47.0 Å². The van der Waals surface area contributed by atoms with Crippen LogP contribution in [-0.4, -0.2) is 51.4 Å². The van der Waals surface area contributed by atoms with Crippen molar-refractivity contribution in [1.82, 2.24) is 0 Å². The van der Waals surface area contributed by atoms with Crippen molar-refractivity contribution < 1.29 is 29.3 Å². The Balaban J connectivity index is 1.75. The van der Waals surface area contributed by atoms with Crippen LogP contribution in [0.15, 0.2) is 23.8 Å². The van der Waals surface area contributed by atoms with Gasteiger partial charge in [0.15, 0.2) is 12.4 Å². The van der Waals surface area contributed by atoms with E-state index in [0.29, 0.717) is 12.8 Å². The average molecular weight is 451 g/mol. The maximum atomic E-state index is 13.1. The number of halogens is 1. The van der Waals surface area contributed by atoms with Crippen molar-refractivity contribution in [2.45, 2.75) is 64.0 Å². The van der Waals surface area contributed by atoms with E-state index >= 15 is 0 Å². The number of fused-ring (bicyclic) bond motifs is 5. The van der Waals surface area contributed by atoms with Gasteiger partial charge in [0.1, 0.15) is 5.60 Å². The van der Waals surface area contributed by atoms with Gasteiger partial charge in [-0.2, -0.15) is 0 Å². The lowest BCUT2D eigenvalue weighted by atomic mass is 9.46. The third kappa shape index (κ3) is 3.01. The molecule has 0 radical (unpaired) electrons. The van der Waals surface area contributed by atoms with Gasteiger partial charge in [-0.1, -0.05) is 32.4 Å². The number of aliphatic hydroxyl groups is 2. The summed E-state index contributed by atoms with van der Waals surface area (Å²) in [6.45, 7) is 6.49. The number of hydrogen-bond acceptors (Lipinski definition) is 6. The third-order valence-corrected chi connectivity index (χ3v) is 9.34. The van der Waals surface area contributed by atoms with Crippen molar-refractivity contribution in [2.24, 2.45) is 34.5 Å². The molecule has 2 N–H and O–H groups in total. The van der Waals surface area contributed by atoms with E-state index in [1.54, 1.807) is 12.2 Å². The Hall–Kier alpha value is -1.50. The van der Waals surface area contributed by atoms with Gasteiger partial charge in [0, 0.05) is 29.0 Å². The van der Waals surface area contributed by atoms with Crippen LogP contribution >= 0.6 is 11.6 Å². The molecular weight excluding hydrogens is 420 g/mol. The molecule has 0 spiro atoms. The van der Waals surface area contributed by atoms with Gasteiger partial charge < -0.3 is 14.9 Å². The van der Waals surface area contributed by atoms with Gasteiger partial charge >= 0.3 is 5.97 Å². The maximum Gasteiger partial charge on any atom is 0.303 e. The van der Waals surface area contributed by atoms with E-state index in [4.69, 9.17) is 16.3 Å². The highest BCUT2D eigenvalue weighted by molar-refractivity contribution is 6.21. The minimum Gasteiger partial charge on any atom is -0.458 e. The van der Waals surface area contributed by atoms with Crippen LogP contribution in [0.2, 0.25) is 0 Å². The van der Waals surface area contributed by atoms with Gasteiger partial charge in [0.05, 0.1) is 6.10 Å². The van der Waals surface area contributed by atoms with Crippen LogP contribution in [0.25, 0.3) is 0 Å². The summed E-state index contributed by atoms with van der Waals surface area (Å²) in [4.78, 5) is 36.3. The Kier molecular flexibility index (Phi) is 5.31. The molecule has 4 unspecified atom stereocenters. The summed E-state index contributed by atoms with van der Waals surface area (Å²) in [6, 6.07) is 0. The molecule has 9 atom stereocenters. The van der Waals surface area contributed by atoms with E-state index in [9.17, 15) is 24.6 Å². The van der Waals surface area contributed by atoms with Crippen LogP contribution in [0.4, 0.5) is 0 Å². The van der Waals surface area contributed by atoms with Crippen molar-refractivity contribution in [2.75, 3.05) is 6.61 Å². The molecule has 7 heteroatoms. The fraction of sp³-hybridized carbons (Fsp3) is 0.708. The first kappa shape index (κ1) is 22.7. The van der Waals surface area contributed by atoms with Gasteiger partial charge in [-0.25, -0.2) is 0 Å². The standard InChI is InChI=1S/C24H31ClO6/c1-12-7-16-20-17(25)9-14-8-15(27)5-6-22(14,3)21(20)18(28)10-23(16,4)24(12,30)19(29)11-31-13(2)26/h5-6,8,12,16-18,20-21,28,30H,7,9-11H2,1-4H3/t12-,16?,17-,18?,20?,21?,22+,23+,24+/m1/s1. The molecule has 3 fully saturated rings. The summed E-state index contributed by atoms with van der Waals surface area (Å²) in [5, 5.41) is 22.8. The molecule has 0 amide bonds. The van der Waals surface area contributed by atoms with Crippen LogP contribution in [0.3, 0.4) is 0 Å². The van der Waals surface area contributed by atoms with Crippen LogP contribution < -0.4 is 0 Å². The van der Waals surface area contributed by atoms with Crippen LogP contribution in [-0.2, 0) is 19.1 Å². The number of rotatable bonds is 3. The number of esters is 1. The van der Waals surface area contributed by atoms with Crippen molar-refractivity contribution in [3.05, 3.63) is 23.8 Å². The molecular formula is C24H31ClO6. The molecule has 31 heavy (non-hydrogen) atoms. The largest absolute Gasteiger partial charge is 0.458 e. The number of carbonyl (C=O) groups is 3. The van der Waals surface area contributed by atoms with E-state index in [2.05, 4.69) is 0 Å². The fourth-order valence-electron chi connectivity index (χ4n) is 7.45. The molecule has 0 aromatic carbocycles. The maximum absolute atomic E-state index is 13.1. The van der Waals surface area contributed by atoms with Gasteiger partial charge in [-0.05, 0) is 49.2 Å². The fourth-order valence-corrected chi connectivity index (χ4v) is 7.95. The van der Waals surface area contributed by atoms with E-state index in [1.165, 1.54) is 6.92 Å². The summed E-state index contributed by atoms with van der Waals surface area (Å²) >= 11 is 6.91. The molecule has 4 aliphatic carbocycles. The zero-order valence-electron chi connectivity index (χ0n) is 18.4. The monoisotopic (exact) mass is 450 g/mol. The first-order valence-corrected chi connectivity index (χ1v) is 11.5. The Labute approximate surface area is 187 Å². The summed E-state index contributed by atoms with van der Waals surface area (Å²) in [6.07, 6.45) is 5.65. The van der Waals surface area contributed by atoms with E-state index in [1.807, 2.05) is 26.8 Å². The highest BCUT2D eigenvalue weighted by Crippen LogP contribution is 2.68. The van der Waals surface area contributed by atoms with Crippen LogP contribution in [0, 0.1) is 34.5 Å². The number of ketones is 2. The molecule has 6 nitrogen and oxygen atoms in total. The number of hydrogen-bond donors (Lipinski definition) is 2. The van der Waals surface area contributed by atoms with Gasteiger partial charge in [-0.15, -0.1) is 11.6 Å². The molecule has 3 saturated carbocycles. The lowest BCUT2D eigenvalue weighted by molar-refractivity contribution is -0.185. The third-order valence-electron chi connectivity index (χ3n) is 8.90. The molecule has 4 rings (SSSR count). The predicted molar refractivity (Wildman–Crippen MR) is 114 cm³/mol. The lowest BCUT2D eigenvalue weighted by Gasteiger charge is -2.60. The molecule has 0 aromatic rings. The number of allylic oxidation sites excluding steroid dienone is 4. The summed E-state index contributed by atoms with van der Waals surface area (Å²) in [5.41, 5.74) is -2.17. The second-order valence-electron chi connectivity index (χ2n) is 10.4. The molecule has 0 heterocycles. The summed E-state index contributed by atoms with van der Waals surface area (Å²) in [7, 11) is 0. The van der Waals surface area contributed by atoms with E-state index in [-0.39, 0.29) is 41.3 Å². The first-order chi connectivity index (χ1) is 14.4. The van der Waals surface area contributed by atoms with Crippen molar-refractivity contribution in [1.29, 1.82) is 0 Å². The summed E-state index contributed by atoms with van der Waals surface area (Å²) < 4.78 is 4.92. The van der Waals surface area contributed by atoms with Crippen molar-refractivity contribution >= 4 is 29.1 Å². The van der Waals surface area contributed by atoms with E-state index < -0.39 is 40.9 Å². The number of aliphatic hydroxyl groups excluding tert-OH is 1. The SMILES string of the molecule is CC(=O)OCC(=O)[C@@]1(O)[C@H](C)CC2C3C(C(O)C[C@@]21C)[C@@]1(C)C=CC(=O)C=C1C[C@H]3Cl. The number of carbonyl (C=O) groups excluding carboxylic acids is 3. The minimum atomic E-state index is -1.72. The Morgan fingerprint density at radius 1 is 1.32 bits per heavy atom. The molecule has 0 saturated heterocycles. The zero-order chi connectivity index (χ0) is 22.9. The quantitative estimate of drug-likeness (QED) is 0.506. The average Bonchev–Trinajstić information content (AvgIpc) is 2.88. The molecule has 4 aliphatic rings. The highest BCUT2D eigenvalue weighted by atomic mass is 35.5. The predicted octanol–water partition coefficient (Wildman–Crippen LogP) is 2.59. The Bertz CT molecular complexity index is 895. The van der Waals surface area contributed by atoms with Crippen molar-refractivity contribution in [3.8, 4) is 0 Å². The number of alkyl halides is 1. The Morgan fingerprint density at radius 3 is 2.65 bits per heavy atom. The normalized spacial score (nSPS) is 48.4. The number of Topliss-reactive ketones (excluding diaryl/α,β-unsaturated/α-hetero) is 1. The second kappa shape index (κ2) is 7.26. The summed E-state index contributed by atoms with van der Waals surface area (Å²) in [5.74, 6) is -1.97. The first-order valence-electron chi connectivity index (χ1n) is 11.0. The zero-order valence-corrected chi connectivity index (χ0v) is 19.2. The van der Waals surface area contributed by atoms with Crippen molar-refractivity contribution in [3.63, 3.8) is 0 Å². The minimum absolute atomic E-state index is 0.0649. The second-order valence-corrected chi connectivity index (χ2v) is 11.0. The molecule has 0 bridgehead atoms. The smallest absolute Gasteiger partial charge is 0.303 e. The van der Waals surface area contributed by atoms with Gasteiger partial charge in [-0.3, -0.25) is 14.4 Å². The molecule has 0 aromatic heterocycles.